The van der Waals surface area contributed by atoms with E-state index < -0.39 is 6.10 Å². The standard InChI is InChI=1S/C21H24N2O3/c24-19(17-7-8-20-21(15-17)26-14-4-13-25-20)16-22-9-11-23(12-10-22)18-5-2-1-3-6-18/h1-8,14-15,19,24H,9-13,16H2. The van der Waals surface area contributed by atoms with Gasteiger partial charge in [0, 0.05) is 38.4 Å². The van der Waals surface area contributed by atoms with Gasteiger partial charge in [0.2, 0.25) is 0 Å². The van der Waals surface area contributed by atoms with Gasteiger partial charge in [0.05, 0.1) is 12.4 Å². The van der Waals surface area contributed by atoms with E-state index in [-0.39, 0.29) is 0 Å². The molecule has 0 bridgehead atoms. The van der Waals surface area contributed by atoms with Crippen molar-refractivity contribution in [3.63, 3.8) is 0 Å². The monoisotopic (exact) mass is 352 g/mol. The normalized spacial score (nSPS) is 18.4. The van der Waals surface area contributed by atoms with Crippen molar-refractivity contribution in [1.29, 1.82) is 0 Å². The summed E-state index contributed by atoms with van der Waals surface area (Å²) in [5, 5.41) is 10.7. The van der Waals surface area contributed by atoms with Crippen LogP contribution in [0.2, 0.25) is 0 Å². The highest BCUT2D eigenvalue weighted by Gasteiger charge is 2.21. The third kappa shape index (κ3) is 3.84. The zero-order valence-electron chi connectivity index (χ0n) is 14.8. The molecule has 0 aromatic heterocycles. The molecular formula is C21H24N2O3. The molecule has 0 radical (unpaired) electrons. The van der Waals surface area contributed by atoms with Crippen molar-refractivity contribution in [1.82, 2.24) is 4.90 Å². The number of fused-ring (bicyclic) bond motifs is 1. The molecule has 0 saturated carbocycles. The Balaban J connectivity index is 1.35. The van der Waals surface area contributed by atoms with Crippen LogP contribution in [0, 0.1) is 0 Å². The number of β-amino-alcohol motifs (C(OH)–C–C–N with tert-alkyl or cyclic N) is 1. The van der Waals surface area contributed by atoms with E-state index in [9.17, 15) is 5.11 Å². The minimum atomic E-state index is -0.542. The van der Waals surface area contributed by atoms with Crippen LogP contribution in [-0.4, -0.2) is 49.3 Å². The highest BCUT2D eigenvalue weighted by atomic mass is 16.5. The van der Waals surface area contributed by atoms with Gasteiger partial charge in [-0.15, -0.1) is 0 Å². The number of hydrogen-bond donors (Lipinski definition) is 1. The molecule has 1 saturated heterocycles. The van der Waals surface area contributed by atoms with Gasteiger partial charge in [-0.2, -0.15) is 0 Å². The zero-order valence-corrected chi connectivity index (χ0v) is 14.8. The molecule has 136 valence electrons. The predicted octanol–water partition coefficient (Wildman–Crippen LogP) is 2.83. The molecule has 2 aromatic carbocycles. The average Bonchev–Trinajstić information content (AvgIpc) is 2.94. The quantitative estimate of drug-likeness (QED) is 0.917. The number of aliphatic hydroxyl groups excluding tert-OH is 1. The Kier molecular flexibility index (Phi) is 5.09. The second-order valence-electron chi connectivity index (χ2n) is 6.65. The Morgan fingerprint density at radius 3 is 2.58 bits per heavy atom. The maximum atomic E-state index is 10.7. The lowest BCUT2D eigenvalue weighted by molar-refractivity contribution is 0.109. The van der Waals surface area contributed by atoms with Crippen LogP contribution < -0.4 is 14.4 Å². The average molecular weight is 352 g/mol. The number of rotatable bonds is 4. The Morgan fingerprint density at radius 2 is 1.77 bits per heavy atom. The highest BCUT2D eigenvalue weighted by Crippen LogP contribution is 2.32. The summed E-state index contributed by atoms with van der Waals surface area (Å²) in [6.45, 7) is 4.96. The van der Waals surface area contributed by atoms with E-state index in [1.54, 1.807) is 6.26 Å². The molecule has 26 heavy (non-hydrogen) atoms. The maximum Gasteiger partial charge on any atom is 0.168 e. The third-order valence-corrected chi connectivity index (χ3v) is 4.90. The first-order valence-corrected chi connectivity index (χ1v) is 9.08. The second kappa shape index (κ2) is 7.81. The molecule has 1 fully saturated rings. The number of piperazine rings is 1. The molecule has 0 spiro atoms. The Hall–Kier alpha value is -2.50. The topological polar surface area (TPSA) is 45.2 Å². The summed E-state index contributed by atoms with van der Waals surface area (Å²) in [7, 11) is 0. The largest absolute Gasteiger partial charge is 0.485 e. The van der Waals surface area contributed by atoms with Crippen LogP contribution in [0.25, 0.3) is 0 Å². The van der Waals surface area contributed by atoms with Gasteiger partial charge in [0.15, 0.2) is 11.5 Å². The van der Waals surface area contributed by atoms with Gasteiger partial charge >= 0.3 is 0 Å². The zero-order chi connectivity index (χ0) is 17.8. The van der Waals surface area contributed by atoms with E-state index in [0.29, 0.717) is 24.7 Å². The van der Waals surface area contributed by atoms with Crippen LogP contribution in [0.4, 0.5) is 5.69 Å². The van der Waals surface area contributed by atoms with Gasteiger partial charge in [-0.05, 0) is 35.9 Å². The minimum Gasteiger partial charge on any atom is -0.485 e. The summed E-state index contributed by atoms with van der Waals surface area (Å²) in [4.78, 5) is 4.70. The lowest BCUT2D eigenvalue weighted by Gasteiger charge is -2.37. The van der Waals surface area contributed by atoms with E-state index in [0.717, 1.165) is 31.7 Å². The molecule has 5 heteroatoms. The Bertz CT molecular complexity index is 755. The SMILES string of the molecule is OC(CN1CCN(c2ccccc2)CC1)c1ccc2c(c1)OC=CCO2. The van der Waals surface area contributed by atoms with Crippen LogP contribution in [-0.2, 0) is 0 Å². The van der Waals surface area contributed by atoms with E-state index in [4.69, 9.17) is 9.47 Å². The van der Waals surface area contributed by atoms with Crippen molar-refractivity contribution in [3.05, 3.63) is 66.4 Å². The minimum absolute atomic E-state index is 0.501. The van der Waals surface area contributed by atoms with E-state index in [1.165, 1.54) is 5.69 Å². The molecule has 4 rings (SSSR count). The fourth-order valence-corrected chi connectivity index (χ4v) is 3.42. The summed E-state index contributed by atoms with van der Waals surface area (Å²) >= 11 is 0. The molecule has 2 aliphatic heterocycles. The first-order chi connectivity index (χ1) is 12.8. The summed E-state index contributed by atoms with van der Waals surface area (Å²) in [6.07, 6.45) is 2.91. The van der Waals surface area contributed by atoms with Crippen LogP contribution in [0.1, 0.15) is 11.7 Å². The maximum absolute atomic E-state index is 10.7. The van der Waals surface area contributed by atoms with Crippen molar-refractivity contribution in [3.8, 4) is 11.5 Å². The first-order valence-electron chi connectivity index (χ1n) is 9.08. The fraction of sp³-hybridized carbons (Fsp3) is 0.333. The molecule has 1 unspecified atom stereocenters. The van der Waals surface area contributed by atoms with Crippen LogP contribution >= 0.6 is 0 Å². The number of benzene rings is 2. The van der Waals surface area contributed by atoms with E-state index >= 15 is 0 Å². The third-order valence-electron chi connectivity index (χ3n) is 4.90. The predicted molar refractivity (Wildman–Crippen MR) is 102 cm³/mol. The first kappa shape index (κ1) is 16.9. The number of hydrogen-bond acceptors (Lipinski definition) is 5. The molecule has 2 aliphatic rings. The van der Waals surface area contributed by atoms with Gasteiger partial charge in [0.25, 0.3) is 0 Å². The number of nitrogens with zero attached hydrogens (tertiary/aromatic N) is 2. The molecule has 1 atom stereocenters. The molecule has 2 aromatic rings. The molecular weight excluding hydrogens is 328 g/mol. The summed E-state index contributed by atoms with van der Waals surface area (Å²) < 4.78 is 11.1. The van der Waals surface area contributed by atoms with Gasteiger partial charge in [-0.3, -0.25) is 4.90 Å². The molecule has 1 N–H and O–H groups in total. The van der Waals surface area contributed by atoms with Gasteiger partial charge in [0.1, 0.15) is 6.61 Å². The van der Waals surface area contributed by atoms with Crippen molar-refractivity contribution < 1.29 is 14.6 Å². The molecule has 5 nitrogen and oxygen atoms in total. The van der Waals surface area contributed by atoms with Crippen LogP contribution in [0.3, 0.4) is 0 Å². The van der Waals surface area contributed by atoms with E-state index in [2.05, 4.69) is 34.1 Å². The summed E-state index contributed by atoms with van der Waals surface area (Å²) in [5.74, 6) is 1.37. The Morgan fingerprint density at radius 1 is 0.962 bits per heavy atom. The second-order valence-corrected chi connectivity index (χ2v) is 6.65. The van der Waals surface area contributed by atoms with Crippen molar-refractivity contribution >= 4 is 5.69 Å². The fourth-order valence-electron chi connectivity index (χ4n) is 3.42. The van der Waals surface area contributed by atoms with Crippen LogP contribution in [0.15, 0.2) is 60.9 Å². The lowest BCUT2D eigenvalue weighted by Crippen LogP contribution is -2.47. The number of para-hydroxylation sites is 1. The Labute approximate surface area is 154 Å². The smallest absolute Gasteiger partial charge is 0.168 e. The summed E-state index contributed by atoms with van der Waals surface area (Å²) in [6, 6.07) is 16.1. The van der Waals surface area contributed by atoms with Crippen molar-refractivity contribution in [2.24, 2.45) is 0 Å². The number of anilines is 1. The van der Waals surface area contributed by atoms with Gasteiger partial charge in [-0.25, -0.2) is 0 Å². The molecule has 0 amide bonds. The van der Waals surface area contributed by atoms with Crippen molar-refractivity contribution in [2.75, 3.05) is 44.2 Å². The lowest BCUT2D eigenvalue weighted by atomic mass is 10.1. The van der Waals surface area contributed by atoms with Crippen molar-refractivity contribution in [2.45, 2.75) is 6.10 Å². The summed E-state index contributed by atoms with van der Waals surface area (Å²) in [5.41, 5.74) is 2.12. The molecule has 0 aliphatic carbocycles. The van der Waals surface area contributed by atoms with Gasteiger partial charge in [-0.1, -0.05) is 24.3 Å². The molecule has 2 heterocycles. The van der Waals surface area contributed by atoms with Crippen LogP contribution in [0.5, 0.6) is 11.5 Å². The highest BCUT2D eigenvalue weighted by molar-refractivity contribution is 5.46. The van der Waals surface area contributed by atoms with E-state index in [1.807, 2.05) is 30.3 Å². The number of ether oxygens (including phenoxy) is 2. The van der Waals surface area contributed by atoms with Gasteiger partial charge < -0.3 is 19.5 Å². The number of aliphatic hydroxyl groups is 1.